The van der Waals surface area contributed by atoms with Crippen LogP contribution in [0.25, 0.3) is 6.08 Å². The van der Waals surface area contributed by atoms with E-state index in [2.05, 4.69) is 0 Å². The number of benzene rings is 2. The van der Waals surface area contributed by atoms with Gasteiger partial charge >= 0.3 is 11.9 Å². The number of methoxy groups -OCH3 is 3. The van der Waals surface area contributed by atoms with Gasteiger partial charge in [0.25, 0.3) is 0 Å². The molecule has 202 valence electrons. The lowest BCUT2D eigenvalue weighted by Crippen LogP contribution is -2.24. The Bertz CT molecular complexity index is 1250. The molecule has 0 N–H and O–H groups in total. The highest BCUT2D eigenvalue weighted by Crippen LogP contribution is 2.49. The Hall–Kier alpha value is -3.81. The molecule has 4 rings (SSSR count). The molecule has 0 radical (unpaired) electrons. The Labute approximate surface area is 222 Å². The number of ether oxygens (including phenoxy) is 5. The molecule has 0 unspecified atom stereocenters. The van der Waals surface area contributed by atoms with Crippen molar-refractivity contribution in [2.24, 2.45) is 0 Å². The normalized spacial score (nSPS) is 20.4. The van der Waals surface area contributed by atoms with Gasteiger partial charge in [-0.05, 0) is 50.3 Å². The van der Waals surface area contributed by atoms with Crippen molar-refractivity contribution in [2.45, 2.75) is 63.9 Å². The topological polar surface area (TPSA) is 97.4 Å². The molecule has 0 bridgehead atoms. The van der Waals surface area contributed by atoms with Crippen LogP contribution in [0.4, 0.5) is 0 Å². The van der Waals surface area contributed by atoms with E-state index in [1.165, 1.54) is 7.11 Å². The third-order valence-corrected chi connectivity index (χ3v) is 6.98. The van der Waals surface area contributed by atoms with Crippen molar-refractivity contribution in [3.8, 4) is 23.0 Å². The molecule has 2 aliphatic rings. The fourth-order valence-corrected chi connectivity index (χ4v) is 5.08. The Morgan fingerprint density at radius 2 is 1.74 bits per heavy atom. The number of fused-ring (bicyclic) bond motifs is 2. The molecule has 2 atom stereocenters. The van der Waals surface area contributed by atoms with Crippen molar-refractivity contribution in [2.75, 3.05) is 21.3 Å². The van der Waals surface area contributed by atoms with E-state index in [1.807, 2.05) is 19.1 Å². The SMILES string of the molecule is COc1ccc([C@@H]2CC(=O)Oc3cc4c(c(OC)c32)C(=O)O[C@H](C)CCCC(=O)CCCC=C4)c(OC)c1. The number of ketones is 1. The lowest BCUT2D eigenvalue weighted by molar-refractivity contribution is -0.135. The number of hydrogen-bond acceptors (Lipinski definition) is 8. The number of carbonyl (C=O) groups excluding carboxylic acids is 3. The molecule has 0 aromatic heterocycles. The molecule has 0 spiro atoms. The summed E-state index contributed by atoms with van der Waals surface area (Å²) in [6.45, 7) is 1.82. The lowest BCUT2D eigenvalue weighted by atomic mass is 9.83. The molecule has 0 saturated heterocycles. The van der Waals surface area contributed by atoms with Crippen LogP contribution in [0.2, 0.25) is 0 Å². The second-order valence-electron chi connectivity index (χ2n) is 9.57. The summed E-state index contributed by atoms with van der Waals surface area (Å²) in [6, 6.07) is 7.08. The van der Waals surface area contributed by atoms with E-state index in [0.29, 0.717) is 66.2 Å². The van der Waals surface area contributed by atoms with Crippen LogP contribution in [-0.4, -0.2) is 45.2 Å². The fraction of sp³-hybridized carbons (Fsp3) is 0.433. The second-order valence-corrected chi connectivity index (χ2v) is 9.57. The van der Waals surface area contributed by atoms with Crippen molar-refractivity contribution < 1.29 is 38.1 Å². The molecule has 2 aromatic rings. The van der Waals surface area contributed by atoms with Gasteiger partial charge in [-0.15, -0.1) is 0 Å². The minimum absolute atomic E-state index is 0.0418. The van der Waals surface area contributed by atoms with Crippen LogP contribution in [0.1, 0.15) is 84.8 Å². The highest BCUT2D eigenvalue weighted by atomic mass is 16.5. The predicted molar refractivity (Wildman–Crippen MR) is 141 cm³/mol. The summed E-state index contributed by atoms with van der Waals surface area (Å²) in [7, 11) is 4.61. The van der Waals surface area contributed by atoms with Crippen LogP contribution >= 0.6 is 0 Å². The van der Waals surface area contributed by atoms with E-state index >= 15 is 0 Å². The number of hydrogen-bond donors (Lipinski definition) is 0. The van der Waals surface area contributed by atoms with Gasteiger partial charge in [-0.3, -0.25) is 9.59 Å². The first-order valence-electron chi connectivity index (χ1n) is 12.9. The van der Waals surface area contributed by atoms with Crippen molar-refractivity contribution in [1.29, 1.82) is 0 Å². The number of Topliss-reactive ketones (excluding diaryl/α,β-unsaturated/α-hetero) is 1. The van der Waals surface area contributed by atoms with Crippen molar-refractivity contribution in [3.63, 3.8) is 0 Å². The summed E-state index contributed by atoms with van der Waals surface area (Å²) >= 11 is 0. The maximum Gasteiger partial charge on any atom is 0.342 e. The molecule has 0 aliphatic carbocycles. The Morgan fingerprint density at radius 1 is 0.947 bits per heavy atom. The number of rotatable bonds is 4. The van der Waals surface area contributed by atoms with Crippen LogP contribution in [0.5, 0.6) is 23.0 Å². The largest absolute Gasteiger partial charge is 0.497 e. The summed E-state index contributed by atoms with van der Waals surface area (Å²) < 4.78 is 28.3. The summed E-state index contributed by atoms with van der Waals surface area (Å²) in [5.41, 5.74) is 2.13. The quantitative estimate of drug-likeness (QED) is 0.376. The van der Waals surface area contributed by atoms with Crippen LogP contribution in [0, 0.1) is 0 Å². The fourth-order valence-electron chi connectivity index (χ4n) is 5.08. The van der Waals surface area contributed by atoms with Crippen LogP contribution in [0.3, 0.4) is 0 Å². The monoisotopic (exact) mass is 522 g/mol. The molecule has 38 heavy (non-hydrogen) atoms. The minimum Gasteiger partial charge on any atom is -0.497 e. The first-order chi connectivity index (χ1) is 18.4. The summed E-state index contributed by atoms with van der Waals surface area (Å²) in [4.78, 5) is 38.4. The number of esters is 2. The zero-order valence-electron chi connectivity index (χ0n) is 22.3. The molecule has 2 aromatic carbocycles. The molecular formula is C30H34O8. The van der Waals surface area contributed by atoms with Gasteiger partial charge in [-0.2, -0.15) is 0 Å². The third kappa shape index (κ3) is 5.85. The van der Waals surface area contributed by atoms with Crippen molar-refractivity contribution >= 4 is 23.8 Å². The standard InChI is InChI=1S/C30H34O8/c1-18-9-8-12-20(31)11-7-5-6-10-19-15-25-28(29(36-4)27(19)30(33)37-18)23(17-26(32)38-25)22-14-13-21(34-2)16-24(22)35-3/h6,10,13-16,18,23H,5,7-9,11-12,17H2,1-4H3/t18-,23+/m1/s1. The highest BCUT2D eigenvalue weighted by Gasteiger charge is 2.37. The van der Waals surface area contributed by atoms with Crippen LogP contribution in [0.15, 0.2) is 30.3 Å². The number of allylic oxidation sites excluding steroid dienone is 1. The first kappa shape index (κ1) is 27.2. The zero-order chi connectivity index (χ0) is 27.2. The van der Waals surface area contributed by atoms with Crippen LogP contribution in [-0.2, 0) is 14.3 Å². The molecule has 8 nitrogen and oxygen atoms in total. The van der Waals surface area contributed by atoms with Crippen LogP contribution < -0.4 is 18.9 Å². The number of cyclic esters (lactones) is 1. The molecular weight excluding hydrogens is 488 g/mol. The Kier molecular flexibility index (Phi) is 8.71. The highest BCUT2D eigenvalue weighted by molar-refractivity contribution is 5.99. The van der Waals surface area contributed by atoms with E-state index in [-0.39, 0.29) is 23.9 Å². The van der Waals surface area contributed by atoms with Crippen molar-refractivity contribution in [3.05, 3.63) is 52.6 Å². The maximum atomic E-state index is 13.6. The number of carbonyl (C=O) groups is 3. The van der Waals surface area contributed by atoms with E-state index in [1.54, 1.807) is 38.5 Å². The third-order valence-electron chi connectivity index (χ3n) is 6.98. The van der Waals surface area contributed by atoms with Crippen molar-refractivity contribution in [1.82, 2.24) is 0 Å². The predicted octanol–water partition coefficient (Wildman–Crippen LogP) is 5.64. The van der Waals surface area contributed by atoms with Gasteiger partial charge in [-0.25, -0.2) is 4.79 Å². The first-order valence-corrected chi connectivity index (χ1v) is 12.9. The van der Waals surface area contributed by atoms with Gasteiger partial charge in [0.15, 0.2) is 0 Å². The van der Waals surface area contributed by atoms with E-state index in [0.717, 1.165) is 12.0 Å². The van der Waals surface area contributed by atoms with Gasteiger partial charge in [0.05, 0.1) is 33.9 Å². The lowest BCUT2D eigenvalue weighted by Gasteiger charge is -2.29. The summed E-state index contributed by atoms with van der Waals surface area (Å²) in [6.07, 6.45) is 7.00. The maximum absolute atomic E-state index is 13.6. The van der Waals surface area contributed by atoms with E-state index in [9.17, 15) is 14.4 Å². The summed E-state index contributed by atoms with van der Waals surface area (Å²) in [5.74, 6) is 0.586. The molecule has 0 amide bonds. The average Bonchev–Trinajstić information content (AvgIpc) is 2.90. The Balaban J connectivity index is 1.88. The molecule has 2 aliphatic heterocycles. The summed E-state index contributed by atoms with van der Waals surface area (Å²) in [5, 5.41) is 0. The minimum atomic E-state index is -0.530. The molecule has 2 heterocycles. The molecule has 0 saturated carbocycles. The average molecular weight is 523 g/mol. The second kappa shape index (κ2) is 12.2. The van der Waals surface area contributed by atoms with Gasteiger partial charge < -0.3 is 23.7 Å². The molecule has 8 heteroatoms. The van der Waals surface area contributed by atoms with Gasteiger partial charge in [0.1, 0.15) is 34.3 Å². The zero-order valence-corrected chi connectivity index (χ0v) is 22.3. The van der Waals surface area contributed by atoms with Gasteiger partial charge in [-0.1, -0.05) is 18.2 Å². The van der Waals surface area contributed by atoms with Gasteiger partial charge in [0.2, 0.25) is 0 Å². The smallest absolute Gasteiger partial charge is 0.342 e. The van der Waals surface area contributed by atoms with E-state index in [4.69, 9.17) is 23.7 Å². The van der Waals surface area contributed by atoms with E-state index < -0.39 is 17.9 Å². The van der Waals surface area contributed by atoms with Gasteiger partial charge in [0, 0.05) is 36.0 Å². The molecule has 0 fully saturated rings. The Morgan fingerprint density at radius 3 is 2.47 bits per heavy atom.